The maximum absolute atomic E-state index is 12.1. The molecule has 7 heteroatoms. The van der Waals surface area contributed by atoms with Gasteiger partial charge in [0.1, 0.15) is 5.69 Å². The van der Waals surface area contributed by atoms with E-state index in [-0.39, 0.29) is 35.5 Å². The van der Waals surface area contributed by atoms with Crippen LogP contribution >= 0.6 is 12.4 Å². The van der Waals surface area contributed by atoms with Crippen LogP contribution in [0.1, 0.15) is 10.5 Å². The van der Waals surface area contributed by atoms with Crippen LogP contribution in [0.25, 0.3) is 10.8 Å². The highest BCUT2D eigenvalue weighted by Crippen LogP contribution is 2.10. The Balaban J connectivity index is 0.00000176. The van der Waals surface area contributed by atoms with Crippen LogP contribution in [0, 0.1) is 5.92 Å². The largest absolute Gasteiger partial charge is 0.391 e. The van der Waals surface area contributed by atoms with Crippen LogP contribution < -0.4 is 16.2 Å². The fourth-order valence-electron chi connectivity index (χ4n) is 2.58. The molecule has 1 aromatic carbocycles. The molecular formula is C15H18ClN3O3. The summed E-state index contributed by atoms with van der Waals surface area (Å²) >= 11 is 0. The quantitative estimate of drug-likeness (QED) is 0.652. The molecule has 3 rings (SSSR count). The van der Waals surface area contributed by atoms with Gasteiger partial charge in [-0.1, -0.05) is 18.2 Å². The van der Waals surface area contributed by atoms with E-state index in [1.807, 2.05) is 6.07 Å². The minimum absolute atomic E-state index is 0. The molecule has 118 valence electrons. The molecule has 6 nitrogen and oxygen atoms in total. The number of aliphatic hydroxyl groups excluding tert-OH is 1. The van der Waals surface area contributed by atoms with E-state index in [0.717, 1.165) is 5.39 Å². The van der Waals surface area contributed by atoms with Crippen molar-refractivity contribution in [3.8, 4) is 0 Å². The number of carbonyl (C=O) groups excluding carboxylic acids is 1. The highest BCUT2D eigenvalue weighted by Gasteiger charge is 2.25. The van der Waals surface area contributed by atoms with Gasteiger partial charge >= 0.3 is 0 Å². The van der Waals surface area contributed by atoms with Gasteiger partial charge in [-0.15, -0.1) is 12.4 Å². The Kier molecular flexibility index (Phi) is 5.18. The van der Waals surface area contributed by atoms with E-state index in [9.17, 15) is 14.7 Å². The number of pyridine rings is 1. The molecule has 1 aromatic heterocycles. The number of nitrogens with one attached hydrogen (secondary N) is 3. The van der Waals surface area contributed by atoms with Crippen molar-refractivity contribution in [2.75, 3.05) is 19.6 Å². The molecule has 2 heterocycles. The number of H-pyrrole nitrogens is 1. The van der Waals surface area contributed by atoms with Crippen LogP contribution in [0.15, 0.2) is 35.1 Å². The molecule has 2 unspecified atom stereocenters. The van der Waals surface area contributed by atoms with Gasteiger partial charge in [-0.3, -0.25) is 9.59 Å². The summed E-state index contributed by atoms with van der Waals surface area (Å²) < 4.78 is 0. The lowest BCUT2D eigenvalue weighted by molar-refractivity contribution is 0.0922. The first-order chi connectivity index (χ1) is 10.1. The normalized spacial score (nSPS) is 20.6. The number of aromatic nitrogens is 1. The number of benzene rings is 1. The zero-order valence-corrected chi connectivity index (χ0v) is 12.7. The molecule has 0 bridgehead atoms. The van der Waals surface area contributed by atoms with E-state index in [2.05, 4.69) is 15.6 Å². The highest BCUT2D eigenvalue weighted by atomic mass is 35.5. The van der Waals surface area contributed by atoms with Gasteiger partial charge in [0.05, 0.1) is 6.10 Å². The molecule has 22 heavy (non-hydrogen) atoms. The summed E-state index contributed by atoms with van der Waals surface area (Å²) in [6.07, 6.45) is -0.444. The molecule has 0 radical (unpaired) electrons. The number of aliphatic hydroxyl groups is 1. The van der Waals surface area contributed by atoms with Gasteiger partial charge in [-0.05, 0) is 17.5 Å². The van der Waals surface area contributed by atoms with Crippen LogP contribution in [0.2, 0.25) is 0 Å². The Morgan fingerprint density at radius 3 is 2.82 bits per heavy atom. The second-order valence-electron chi connectivity index (χ2n) is 5.30. The number of β-amino-alcohol motifs (C(OH)–C–C–N with tert-alkyl or cyclic N) is 1. The molecule has 2 aromatic rings. The first-order valence-corrected chi connectivity index (χ1v) is 6.94. The molecule has 1 aliphatic heterocycles. The number of rotatable bonds is 3. The monoisotopic (exact) mass is 323 g/mol. The maximum atomic E-state index is 12.1. The lowest BCUT2D eigenvalue weighted by Gasteiger charge is -2.14. The third kappa shape index (κ3) is 3.30. The third-order valence-corrected chi connectivity index (χ3v) is 3.83. The Morgan fingerprint density at radius 1 is 1.32 bits per heavy atom. The van der Waals surface area contributed by atoms with Gasteiger partial charge in [0.25, 0.3) is 11.5 Å². The van der Waals surface area contributed by atoms with Crippen molar-refractivity contribution in [3.63, 3.8) is 0 Å². The summed E-state index contributed by atoms with van der Waals surface area (Å²) in [5.41, 5.74) is -0.0417. The van der Waals surface area contributed by atoms with Crippen LogP contribution in [0.4, 0.5) is 0 Å². The predicted molar refractivity (Wildman–Crippen MR) is 86.5 cm³/mol. The van der Waals surface area contributed by atoms with Gasteiger partial charge in [0.15, 0.2) is 0 Å². The lowest BCUT2D eigenvalue weighted by atomic mass is 10.1. The van der Waals surface area contributed by atoms with Crippen molar-refractivity contribution in [2.24, 2.45) is 5.92 Å². The number of halogens is 1. The number of carbonyl (C=O) groups is 1. The molecule has 1 saturated heterocycles. The minimum Gasteiger partial charge on any atom is -0.391 e. The number of hydrogen-bond donors (Lipinski definition) is 4. The molecule has 4 N–H and O–H groups in total. The van der Waals surface area contributed by atoms with E-state index in [0.29, 0.717) is 25.0 Å². The summed E-state index contributed by atoms with van der Waals surface area (Å²) in [6.45, 7) is 1.60. The Labute approximate surface area is 133 Å². The topological polar surface area (TPSA) is 94.2 Å². The van der Waals surface area contributed by atoms with Crippen LogP contribution in [-0.2, 0) is 0 Å². The molecular weight excluding hydrogens is 306 g/mol. The average Bonchev–Trinajstić information content (AvgIpc) is 2.90. The van der Waals surface area contributed by atoms with Crippen molar-refractivity contribution in [3.05, 3.63) is 46.4 Å². The van der Waals surface area contributed by atoms with E-state index in [1.165, 1.54) is 0 Å². The first kappa shape index (κ1) is 16.5. The standard InChI is InChI=1S/C15H17N3O3.ClH/c19-13-8-16-6-10(13)7-17-15(21)12-5-9-3-1-2-4-11(9)14(20)18-12;/h1-5,10,13,16,19H,6-8H2,(H,17,21)(H,18,20);1H. The van der Waals surface area contributed by atoms with Crippen LogP contribution in [0.3, 0.4) is 0 Å². The van der Waals surface area contributed by atoms with Crippen LogP contribution in [-0.4, -0.2) is 41.7 Å². The van der Waals surface area contributed by atoms with Crippen molar-refractivity contribution in [1.82, 2.24) is 15.6 Å². The first-order valence-electron chi connectivity index (χ1n) is 6.94. The zero-order chi connectivity index (χ0) is 14.8. The molecule has 0 aliphatic carbocycles. The Bertz CT molecular complexity index is 731. The third-order valence-electron chi connectivity index (χ3n) is 3.83. The molecule has 1 amide bonds. The van der Waals surface area contributed by atoms with Crippen LogP contribution in [0.5, 0.6) is 0 Å². The van der Waals surface area contributed by atoms with E-state index < -0.39 is 6.10 Å². The van der Waals surface area contributed by atoms with E-state index in [4.69, 9.17) is 0 Å². The molecule has 0 saturated carbocycles. The summed E-state index contributed by atoms with van der Waals surface area (Å²) in [6, 6.07) is 8.79. The SMILES string of the molecule is Cl.O=C(NCC1CNCC1O)c1cc2ccccc2c(=O)[nH]1. The second-order valence-corrected chi connectivity index (χ2v) is 5.30. The van der Waals surface area contributed by atoms with Gasteiger partial charge in [0, 0.05) is 30.9 Å². The van der Waals surface area contributed by atoms with Crippen molar-refractivity contribution in [2.45, 2.75) is 6.10 Å². The van der Waals surface area contributed by atoms with Crippen molar-refractivity contribution >= 4 is 29.1 Å². The fourth-order valence-corrected chi connectivity index (χ4v) is 2.58. The van der Waals surface area contributed by atoms with Gasteiger partial charge in [-0.25, -0.2) is 0 Å². The lowest BCUT2D eigenvalue weighted by Crippen LogP contribution is -2.35. The zero-order valence-electron chi connectivity index (χ0n) is 11.8. The van der Waals surface area contributed by atoms with Gasteiger partial charge in [-0.2, -0.15) is 0 Å². The molecule has 1 aliphatic rings. The maximum Gasteiger partial charge on any atom is 0.267 e. The number of hydrogen-bond acceptors (Lipinski definition) is 4. The van der Waals surface area contributed by atoms with Gasteiger partial charge < -0.3 is 20.7 Å². The summed E-state index contributed by atoms with van der Waals surface area (Å²) in [5, 5.41) is 16.8. The number of aromatic amines is 1. The van der Waals surface area contributed by atoms with Crippen molar-refractivity contribution in [1.29, 1.82) is 0 Å². The summed E-state index contributed by atoms with van der Waals surface area (Å²) in [4.78, 5) is 26.6. The van der Waals surface area contributed by atoms with Gasteiger partial charge in [0.2, 0.25) is 0 Å². The number of fused-ring (bicyclic) bond motifs is 1. The minimum atomic E-state index is -0.444. The Hall–Kier alpha value is -1.89. The summed E-state index contributed by atoms with van der Waals surface area (Å²) in [5.74, 6) is -0.335. The van der Waals surface area contributed by atoms with E-state index in [1.54, 1.807) is 24.3 Å². The second kappa shape index (κ2) is 6.91. The van der Waals surface area contributed by atoms with E-state index >= 15 is 0 Å². The predicted octanol–water partition coefficient (Wildman–Crippen LogP) is 0.260. The molecule has 2 atom stereocenters. The Morgan fingerprint density at radius 2 is 2.09 bits per heavy atom. The number of amides is 1. The highest BCUT2D eigenvalue weighted by molar-refractivity contribution is 5.96. The molecule has 0 spiro atoms. The molecule has 1 fully saturated rings. The van der Waals surface area contributed by atoms with Crippen molar-refractivity contribution < 1.29 is 9.90 Å². The summed E-state index contributed by atoms with van der Waals surface area (Å²) in [7, 11) is 0. The fraction of sp³-hybridized carbons (Fsp3) is 0.333. The average molecular weight is 324 g/mol. The smallest absolute Gasteiger partial charge is 0.267 e.